The first-order chi connectivity index (χ1) is 13.3. The van der Waals surface area contributed by atoms with Gasteiger partial charge in [-0.25, -0.2) is 0 Å². The zero-order valence-electron chi connectivity index (χ0n) is 16.2. The van der Waals surface area contributed by atoms with Gasteiger partial charge in [-0.2, -0.15) is 0 Å². The molecule has 0 heterocycles. The van der Waals surface area contributed by atoms with Gasteiger partial charge < -0.3 is 19.7 Å². The first-order valence-electron chi connectivity index (χ1n) is 10.2. The Bertz CT molecular complexity index is 533. The molecule has 0 atom stereocenters. The van der Waals surface area contributed by atoms with Crippen LogP contribution in [-0.4, -0.2) is 47.3 Å². The second-order valence-corrected chi connectivity index (χ2v) is 7.87. The summed E-state index contributed by atoms with van der Waals surface area (Å²) in [5.41, 5.74) is -2.86. The molecule has 0 spiro atoms. The molecule has 0 aromatic carbocycles. The van der Waals surface area contributed by atoms with Crippen LogP contribution in [0.5, 0.6) is 0 Å². The Labute approximate surface area is 164 Å². The fourth-order valence-corrected chi connectivity index (χ4v) is 4.13. The van der Waals surface area contributed by atoms with Gasteiger partial charge in [0.05, 0.1) is 13.2 Å². The Kier molecular flexibility index (Phi) is 7.83. The monoisotopic (exact) mass is 398 g/mol. The normalized spacial score (nSPS) is 20.7. The molecule has 2 aliphatic carbocycles. The lowest BCUT2D eigenvalue weighted by Crippen LogP contribution is -2.42. The van der Waals surface area contributed by atoms with E-state index in [-0.39, 0.29) is 13.2 Å². The third-order valence-electron chi connectivity index (χ3n) is 6.02. The Morgan fingerprint density at radius 2 is 0.929 bits per heavy atom. The zero-order chi connectivity index (χ0) is 20.6. The highest BCUT2D eigenvalue weighted by molar-refractivity contribution is 5.99. The lowest BCUT2D eigenvalue weighted by molar-refractivity contribution is -0.174. The predicted molar refractivity (Wildman–Crippen MR) is 97.5 cm³/mol. The van der Waals surface area contributed by atoms with E-state index in [4.69, 9.17) is 9.47 Å². The maximum absolute atomic E-state index is 12.3. The molecule has 2 fully saturated rings. The van der Waals surface area contributed by atoms with E-state index in [9.17, 15) is 29.4 Å². The van der Waals surface area contributed by atoms with E-state index < -0.39 is 34.7 Å². The van der Waals surface area contributed by atoms with Crippen LogP contribution in [0.25, 0.3) is 0 Å². The summed E-state index contributed by atoms with van der Waals surface area (Å²) in [5, 5.41) is 18.9. The second-order valence-electron chi connectivity index (χ2n) is 7.87. The molecule has 158 valence electrons. The van der Waals surface area contributed by atoms with Crippen LogP contribution in [-0.2, 0) is 28.7 Å². The Morgan fingerprint density at radius 3 is 1.21 bits per heavy atom. The summed E-state index contributed by atoms with van der Waals surface area (Å²) in [6, 6.07) is 0. The number of carboxylic acid groups (broad SMARTS) is 2. The molecular weight excluding hydrogens is 368 g/mol. The van der Waals surface area contributed by atoms with Crippen molar-refractivity contribution >= 4 is 23.9 Å². The summed E-state index contributed by atoms with van der Waals surface area (Å²) in [6.45, 7) is 0.102. The van der Waals surface area contributed by atoms with Crippen LogP contribution in [0.15, 0.2) is 0 Å². The second kappa shape index (κ2) is 9.89. The first-order valence-corrected chi connectivity index (χ1v) is 10.2. The van der Waals surface area contributed by atoms with Gasteiger partial charge in [0.25, 0.3) is 0 Å². The molecular formula is C20H30O8. The molecule has 0 aromatic rings. The molecule has 0 aliphatic heterocycles. The minimum absolute atomic E-state index is 0.0511. The maximum Gasteiger partial charge on any atom is 0.323 e. The van der Waals surface area contributed by atoms with Crippen molar-refractivity contribution in [3.63, 3.8) is 0 Å². The van der Waals surface area contributed by atoms with Crippen LogP contribution in [0.3, 0.4) is 0 Å². The van der Waals surface area contributed by atoms with Gasteiger partial charge in [0.1, 0.15) is 0 Å². The van der Waals surface area contributed by atoms with Gasteiger partial charge in [-0.1, -0.05) is 38.5 Å². The molecule has 8 nitrogen and oxygen atoms in total. The molecule has 0 bridgehead atoms. The molecule has 28 heavy (non-hydrogen) atoms. The molecule has 0 saturated heterocycles. The number of hydrogen-bond acceptors (Lipinski definition) is 6. The lowest BCUT2D eigenvalue weighted by Gasteiger charge is -2.31. The number of carbonyl (C=O) groups excluding carboxylic acids is 2. The van der Waals surface area contributed by atoms with Gasteiger partial charge in [-0.15, -0.1) is 0 Å². The van der Waals surface area contributed by atoms with Crippen LogP contribution in [0.2, 0.25) is 0 Å². The molecule has 2 aliphatic rings. The van der Waals surface area contributed by atoms with Crippen LogP contribution in [0, 0.1) is 10.8 Å². The number of unbranched alkanes of at least 4 members (excludes halogenated alkanes) is 1. The highest BCUT2D eigenvalue weighted by atomic mass is 16.5. The van der Waals surface area contributed by atoms with E-state index in [0.717, 1.165) is 12.8 Å². The topological polar surface area (TPSA) is 127 Å². The van der Waals surface area contributed by atoms with Crippen LogP contribution in [0.4, 0.5) is 0 Å². The third-order valence-corrected chi connectivity index (χ3v) is 6.02. The molecule has 0 aromatic heterocycles. The Balaban J connectivity index is 1.71. The van der Waals surface area contributed by atoms with E-state index in [0.29, 0.717) is 64.2 Å². The van der Waals surface area contributed by atoms with Gasteiger partial charge in [-0.3, -0.25) is 19.2 Å². The lowest BCUT2D eigenvalue weighted by atomic mass is 9.74. The molecule has 0 amide bonds. The van der Waals surface area contributed by atoms with E-state index in [1.54, 1.807) is 0 Å². The van der Waals surface area contributed by atoms with Gasteiger partial charge >= 0.3 is 23.9 Å². The highest BCUT2D eigenvalue weighted by Gasteiger charge is 2.49. The summed E-state index contributed by atoms with van der Waals surface area (Å²) in [6.07, 6.45) is 6.66. The summed E-state index contributed by atoms with van der Waals surface area (Å²) < 4.78 is 10.3. The summed E-state index contributed by atoms with van der Waals surface area (Å²) >= 11 is 0. The molecule has 2 N–H and O–H groups in total. The Morgan fingerprint density at radius 1 is 0.607 bits per heavy atom. The number of carbonyl (C=O) groups is 4. The van der Waals surface area contributed by atoms with E-state index in [2.05, 4.69) is 0 Å². The van der Waals surface area contributed by atoms with E-state index in [1.807, 2.05) is 0 Å². The number of esters is 2. The molecule has 0 unspecified atom stereocenters. The largest absolute Gasteiger partial charge is 0.480 e. The van der Waals surface area contributed by atoms with Crippen molar-refractivity contribution in [2.45, 2.75) is 77.0 Å². The van der Waals surface area contributed by atoms with Crippen LogP contribution < -0.4 is 0 Å². The van der Waals surface area contributed by atoms with Crippen molar-refractivity contribution < 1.29 is 38.9 Å². The zero-order valence-corrected chi connectivity index (χ0v) is 16.2. The molecule has 8 heteroatoms. The maximum atomic E-state index is 12.3. The van der Waals surface area contributed by atoms with E-state index in [1.165, 1.54) is 0 Å². The first kappa shape index (κ1) is 22.2. The van der Waals surface area contributed by atoms with Crippen LogP contribution in [0.1, 0.15) is 77.0 Å². The average Bonchev–Trinajstić information content (AvgIpc) is 2.70. The molecule has 2 rings (SSSR count). The number of carboxylic acids is 2. The van der Waals surface area contributed by atoms with Crippen molar-refractivity contribution in [1.82, 2.24) is 0 Å². The fraction of sp³-hybridized carbons (Fsp3) is 0.800. The third kappa shape index (κ3) is 4.83. The standard InChI is InChI=1S/C20H30O8/c21-15(22)19(9-3-1-4-10-19)17(25)27-13-7-8-14-28-18(26)20(16(23)24)11-5-2-6-12-20/h1-14H2,(H,21,22)(H,23,24). The fourth-order valence-electron chi connectivity index (χ4n) is 4.13. The minimum Gasteiger partial charge on any atom is -0.480 e. The van der Waals surface area contributed by atoms with Crippen molar-refractivity contribution in [2.75, 3.05) is 13.2 Å². The Hall–Kier alpha value is -2.12. The smallest absolute Gasteiger partial charge is 0.323 e. The van der Waals surface area contributed by atoms with Crippen LogP contribution >= 0.6 is 0 Å². The molecule has 2 saturated carbocycles. The predicted octanol–water partition coefficient (Wildman–Crippen LogP) is 2.92. The van der Waals surface area contributed by atoms with Gasteiger partial charge in [0.2, 0.25) is 0 Å². The van der Waals surface area contributed by atoms with Gasteiger partial charge in [0, 0.05) is 0 Å². The highest BCUT2D eigenvalue weighted by Crippen LogP contribution is 2.39. The number of ether oxygens (including phenoxy) is 2. The quantitative estimate of drug-likeness (QED) is 0.345. The summed E-state index contributed by atoms with van der Waals surface area (Å²) in [5.74, 6) is -3.64. The van der Waals surface area contributed by atoms with Gasteiger partial charge in [0.15, 0.2) is 10.8 Å². The SMILES string of the molecule is O=C(O)C1(C(=O)OCCCCOC(=O)C2(C(=O)O)CCCCC2)CCCCC1. The van der Waals surface area contributed by atoms with Crippen molar-refractivity contribution in [3.05, 3.63) is 0 Å². The van der Waals surface area contributed by atoms with E-state index >= 15 is 0 Å². The van der Waals surface area contributed by atoms with Crippen molar-refractivity contribution in [2.24, 2.45) is 10.8 Å². The van der Waals surface area contributed by atoms with Crippen molar-refractivity contribution in [3.8, 4) is 0 Å². The number of hydrogen-bond donors (Lipinski definition) is 2. The summed E-state index contributed by atoms with van der Waals surface area (Å²) in [4.78, 5) is 47.7. The summed E-state index contributed by atoms with van der Waals surface area (Å²) in [7, 11) is 0. The van der Waals surface area contributed by atoms with Crippen molar-refractivity contribution in [1.29, 1.82) is 0 Å². The minimum atomic E-state index is -1.43. The molecule has 0 radical (unpaired) electrons. The number of aliphatic carboxylic acids is 2. The number of rotatable bonds is 9. The van der Waals surface area contributed by atoms with Gasteiger partial charge in [-0.05, 0) is 38.5 Å². The average molecular weight is 398 g/mol.